The molecule has 1 aromatic heterocycles. The first-order valence-corrected chi connectivity index (χ1v) is 7.73. The van der Waals surface area contributed by atoms with Crippen molar-refractivity contribution in [2.75, 3.05) is 5.32 Å². The zero-order chi connectivity index (χ0) is 14.5. The van der Waals surface area contributed by atoms with Gasteiger partial charge < -0.3 is 5.32 Å². The molecule has 0 aliphatic heterocycles. The van der Waals surface area contributed by atoms with Gasteiger partial charge in [-0.1, -0.05) is 48.9 Å². The van der Waals surface area contributed by atoms with Gasteiger partial charge in [0.05, 0.1) is 0 Å². The average molecular weight is 310 g/mol. The summed E-state index contributed by atoms with van der Waals surface area (Å²) in [4.78, 5) is 12.0. The van der Waals surface area contributed by atoms with E-state index in [2.05, 4.69) is 15.5 Å². The van der Waals surface area contributed by atoms with Crippen LogP contribution in [0.2, 0.25) is 5.02 Å². The van der Waals surface area contributed by atoms with E-state index in [4.69, 9.17) is 11.6 Å². The van der Waals surface area contributed by atoms with Crippen molar-refractivity contribution in [2.45, 2.75) is 26.7 Å². The van der Waals surface area contributed by atoms with E-state index in [1.165, 1.54) is 11.3 Å². The number of hydrogen-bond donors (Lipinski definition) is 1. The quantitative estimate of drug-likeness (QED) is 0.899. The normalized spacial score (nSPS) is 10.8. The van der Waals surface area contributed by atoms with Gasteiger partial charge in [0.2, 0.25) is 11.0 Å². The highest BCUT2D eigenvalue weighted by molar-refractivity contribution is 7.18. The molecular formula is C14H16ClN3OS. The predicted octanol–water partition coefficient (Wildman–Crippen LogP) is 4.23. The summed E-state index contributed by atoms with van der Waals surface area (Å²) in [6, 6.07) is 7.38. The van der Waals surface area contributed by atoms with Gasteiger partial charge in [-0.2, -0.15) is 0 Å². The molecule has 0 saturated carbocycles. The third-order valence-electron chi connectivity index (χ3n) is 3.10. The Labute approximate surface area is 127 Å². The lowest BCUT2D eigenvalue weighted by molar-refractivity contribution is -0.120. The molecule has 0 bridgehead atoms. The molecule has 2 aromatic rings. The highest BCUT2D eigenvalue weighted by atomic mass is 35.5. The molecule has 0 aliphatic carbocycles. The number of carbonyl (C=O) groups excluding carboxylic acids is 1. The van der Waals surface area contributed by atoms with Gasteiger partial charge >= 0.3 is 0 Å². The molecule has 20 heavy (non-hydrogen) atoms. The molecule has 0 fully saturated rings. The Morgan fingerprint density at radius 3 is 2.50 bits per heavy atom. The molecule has 0 atom stereocenters. The lowest BCUT2D eigenvalue weighted by Gasteiger charge is -2.09. The molecule has 6 heteroatoms. The van der Waals surface area contributed by atoms with Crippen molar-refractivity contribution in [3.8, 4) is 10.6 Å². The summed E-state index contributed by atoms with van der Waals surface area (Å²) in [7, 11) is 0. The number of hydrogen-bond acceptors (Lipinski definition) is 4. The van der Waals surface area contributed by atoms with Crippen LogP contribution < -0.4 is 5.32 Å². The number of amides is 1. The van der Waals surface area contributed by atoms with Crippen LogP contribution in [0.1, 0.15) is 26.7 Å². The molecular weight excluding hydrogens is 294 g/mol. The van der Waals surface area contributed by atoms with Crippen molar-refractivity contribution in [2.24, 2.45) is 5.92 Å². The molecule has 4 nitrogen and oxygen atoms in total. The summed E-state index contributed by atoms with van der Waals surface area (Å²) in [6.07, 6.45) is 1.65. The zero-order valence-corrected chi connectivity index (χ0v) is 13.0. The number of nitrogens with zero attached hydrogens (tertiary/aromatic N) is 2. The van der Waals surface area contributed by atoms with Gasteiger partial charge in [0, 0.05) is 16.5 Å². The molecule has 0 aliphatic rings. The second kappa shape index (κ2) is 6.81. The van der Waals surface area contributed by atoms with Gasteiger partial charge in [-0.25, -0.2) is 0 Å². The lowest BCUT2D eigenvalue weighted by Crippen LogP contribution is -2.21. The van der Waals surface area contributed by atoms with E-state index in [0.717, 1.165) is 23.4 Å². The van der Waals surface area contributed by atoms with Crippen LogP contribution in [0, 0.1) is 5.92 Å². The third kappa shape index (κ3) is 3.55. The first kappa shape index (κ1) is 14.9. The van der Waals surface area contributed by atoms with Crippen LogP contribution in [0.4, 0.5) is 5.13 Å². The topological polar surface area (TPSA) is 54.9 Å². The smallest absolute Gasteiger partial charge is 0.229 e. The Hall–Kier alpha value is -1.46. The van der Waals surface area contributed by atoms with E-state index >= 15 is 0 Å². The lowest BCUT2D eigenvalue weighted by atomic mass is 10.0. The Balaban J connectivity index is 2.09. The van der Waals surface area contributed by atoms with E-state index in [1.807, 2.05) is 26.0 Å². The predicted molar refractivity (Wildman–Crippen MR) is 83.1 cm³/mol. The van der Waals surface area contributed by atoms with Gasteiger partial charge in [0.25, 0.3) is 0 Å². The van der Waals surface area contributed by atoms with Crippen LogP contribution >= 0.6 is 22.9 Å². The molecule has 0 radical (unpaired) electrons. The van der Waals surface area contributed by atoms with Crippen LogP contribution in [0.3, 0.4) is 0 Å². The van der Waals surface area contributed by atoms with E-state index in [-0.39, 0.29) is 11.8 Å². The maximum atomic E-state index is 12.0. The average Bonchev–Trinajstić information content (AvgIpc) is 2.89. The molecule has 0 spiro atoms. The molecule has 1 amide bonds. The second-order valence-electron chi connectivity index (χ2n) is 4.42. The molecule has 0 saturated heterocycles. The van der Waals surface area contributed by atoms with E-state index in [1.54, 1.807) is 12.1 Å². The fraction of sp³-hybridized carbons (Fsp3) is 0.357. The number of benzene rings is 1. The van der Waals surface area contributed by atoms with Gasteiger partial charge in [0.1, 0.15) is 5.01 Å². The van der Waals surface area contributed by atoms with E-state index < -0.39 is 0 Å². The molecule has 1 heterocycles. The van der Waals surface area contributed by atoms with Gasteiger partial charge in [-0.15, -0.1) is 10.2 Å². The van der Waals surface area contributed by atoms with Crippen LogP contribution in [-0.2, 0) is 4.79 Å². The first-order chi connectivity index (χ1) is 9.63. The summed E-state index contributed by atoms with van der Waals surface area (Å²) in [6.45, 7) is 4.01. The molecule has 0 unspecified atom stereocenters. The fourth-order valence-electron chi connectivity index (χ4n) is 1.85. The fourth-order valence-corrected chi connectivity index (χ4v) is 2.73. The van der Waals surface area contributed by atoms with Gasteiger partial charge in [-0.3, -0.25) is 4.79 Å². The summed E-state index contributed by atoms with van der Waals surface area (Å²) in [5, 5.41) is 12.9. The van der Waals surface area contributed by atoms with E-state index in [9.17, 15) is 4.79 Å². The highest BCUT2D eigenvalue weighted by Crippen LogP contribution is 2.27. The minimum atomic E-state index is 0.00815. The Bertz CT molecular complexity index is 578. The number of carbonyl (C=O) groups is 1. The summed E-state index contributed by atoms with van der Waals surface area (Å²) in [5.74, 6) is 0.0340. The highest BCUT2D eigenvalue weighted by Gasteiger charge is 2.16. The molecule has 2 rings (SSSR count). The Morgan fingerprint density at radius 1 is 1.25 bits per heavy atom. The summed E-state index contributed by atoms with van der Waals surface area (Å²) >= 11 is 7.21. The standard InChI is InChI=1S/C14H16ClN3OS/c1-3-9(4-2)12(19)16-14-18-17-13(20-14)10-5-7-11(15)8-6-10/h5-9H,3-4H2,1-2H3,(H,16,18,19). The second-order valence-corrected chi connectivity index (χ2v) is 5.84. The van der Waals surface area contributed by atoms with Crippen LogP contribution in [0.5, 0.6) is 0 Å². The zero-order valence-electron chi connectivity index (χ0n) is 11.4. The number of aromatic nitrogens is 2. The van der Waals surface area contributed by atoms with Crippen molar-refractivity contribution >= 4 is 34.0 Å². The molecule has 106 valence electrons. The maximum Gasteiger partial charge on any atom is 0.229 e. The summed E-state index contributed by atoms with van der Waals surface area (Å²) in [5.41, 5.74) is 0.940. The number of anilines is 1. The minimum absolute atomic E-state index is 0.00815. The summed E-state index contributed by atoms with van der Waals surface area (Å²) < 4.78 is 0. The number of halogens is 1. The SMILES string of the molecule is CCC(CC)C(=O)Nc1nnc(-c2ccc(Cl)cc2)s1. The van der Waals surface area contributed by atoms with Crippen molar-refractivity contribution in [1.29, 1.82) is 0 Å². The van der Waals surface area contributed by atoms with Crippen LogP contribution in [0.25, 0.3) is 10.6 Å². The minimum Gasteiger partial charge on any atom is -0.300 e. The van der Waals surface area contributed by atoms with Crippen molar-refractivity contribution in [3.05, 3.63) is 29.3 Å². The van der Waals surface area contributed by atoms with E-state index in [0.29, 0.717) is 10.2 Å². The Morgan fingerprint density at radius 2 is 1.90 bits per heavy atom. The van der Waals surface area contributed by atoms with Crippen LogP contribution in [0.15, 0.2) is 24.3 Å². The first-order valence-electron chi connectivity index (χ1n) is 6.54. The molecule has 1 aromatic carbocycles. The molecule has 1 N–H and O–H groups in total. The third-order valence-corrected chi connectivity index (χ3v) is 4.24. The maximum absolute atomic E-state index is 12.0. The van der Waals surface area contributed by atoms with Crippen LogP contribution in [-0.4, -0.2) is 16.1 Å². The van der Waals surface area contributed by atoms with Crippen molar-refractivity contribution < 1.29 is 4.79 Å². The number of rotatable bonds is 5. The monoisotopic (exact) mass is 309 g/mol. The Kier molecular flexibility index (Phi) is 5.09. The largest absolute Gasteiger partial charge is 0.300 e. The van der Waals surface area contributed by atoms with Gasteiger partial charge in [0.15, 0.2) is 0 Å². The van der Waals surface area contributed by atoms with Crippen molar-refractivity contribution in [1.82, 2.24) is 10.2 Å². The van der Waals surface area contributed by atoms with Gasteiger partial charge in [-0.05, 0) is 25.0 Å². The van der Waals surface area contributed by atoms with Crippen molar-refractivity contribution in [3.63, 3.8) is 0 Å². The number of nitrogens with one attached hydrogen (secondary N) is 1.